The van der Waals surface area contributed by atoms with E-state index in [1.807, 2.05) is 0 Å². The van der Waals surface area contributed by atoms with Crippen molar-refractivity contribution in [3.8, 4) is 101 Å². The molecule has 0 N–H and O–H groups in total. The smallest absolute Gasteiger partial charge is 0.160 e. The number of para-hydroxylation sites is 4. The minimum absolute atomic E-state index is 0.0224. The van der Waals surface area contributed by atoms with Gasteiger partial charge in [-0.3, -0.25) is 0 Å². The van der Waals surface area contributed by atoms with Gasteiger partial charge in [-0.25, -0.2) is 19.9 Å². The predicted octanol–water partition coefficient (Wildman–Crippen LogP) is 21.8. The van der Waals surface area contributed by atoms with Gasteiger partial charge in [-0.05, 0) is 128 Å². The molecule has 6 heteroatoms. The molecule has 0 amide bonds. The van der Waals surface area contributed by atoms with Gasteiger partial charge in [0, 0.05) is 78.1 Å². The summed E-state index contributed by atoms with van der Waals surface area (Å²) >= 11 is 0. The molecular weight excluding hydrogens is 1140 g/mol. The monoisotopic (exact) mass is 1200 g/mol. The van der Waals surface area contributed by atoms with Crippen molar-refractivity contribution in [3.63, 3.8) is 0 Å². The summed E-state index contributed by atoms with van der Waals surface area (Å²) in [5, 5.41) is 4.82. The van der Waals surface area contributed by atoms with Crippen molar-refractivity contribution in [3.05, 3.63) is 361 Å². The zero-order chi connectivity index (χ0) is 61.8. The van der Waals surface area contributed by atoms with E-state index in [2.05, 4.69) is 337 Å². The van der Waals surface area contributed by atoms with Gasteiger partial charge >= 0.3 is 0 Å². The predicted molar refractivity (Wildman–Crippen MR) is 385 cm³/mol. The molecule has 2 unspecified atom stereocenters. The van der Waals surface area contributed by atoms with E-state index in [0.717, 1.165) is 101 Å². The van der Waals surface area contributed by atoms with E-state index < -0.39 is 0 Å². The Labute approximate surface area is 543 Å². The quantitative estimate of drug-likeness (QED) is 0.137. The van der Waals surface area contributed by atoms with Crippen LogP contribution >= 0.6 is 0 Å². The molecule has 0 saturated heterocycles. The zero-order valence-electron chi connectivity index (χ0n) is 51.0. The van der Waals surface area contributed by atoms with Crippen molar-refractivity contribution in [2.45, 2.75) is 11.8 Å². The van der Waals surface area contributed by atoms with Crippen LogP contribution in [-0.2, 0) is 0 Å². The molecule has 6 nitrogen and oxygen atoms in total. The molecule has 3 aliphatic carbocycles. The Hall–Kier alpha value is -12.4. The highest BCUT2D eigenvalue weighted by atomic mass is 15.0. The van der Waals surface area contributed by atoms with Crippen LogP contribution in [-0.4, -0.2) is 29.1 Å². The number of fused-ring (bicyclic) bond motifs is 6. The van der Waals surface area contributed by atoms with E-state index in [1.165, 1.54) is 66.0 Å². The molecule has 13 aromatic carbocycles. The molecule has 20 rings (SSSR count). The molecule has 3 aliphatic rings. The number of benzene rings is 13. The molecule has 0 saturated carbocycles. The lowest BCUT2D eigenvalue weighted by Crippen LogP contribution is -2.27. The Morgan fingerprint density at radius 3 is 0.979 bits per heavy atom. The summed E-state index contributed by atoms with van der Waals surface area (Å²) in [5.74, 6) is 1.32. The molecule has 0 spiro atoms. The second kappa shape index (κ2) is 21.7. The highest BCUT2D eigenvalue weighted by molar-refractivity contribution is 6.18. The lowest BCUT2D eigenvalue weighted by Gasteiger charge is -2.42. The van der Waals surface area contributed by atoms with Gasteiger partial charge in [-0.15, -0.1) is 0 Å². The SMILES string of the molecule is c1ccc(-c2cc(-c3ccccc3-c3cccc4c3c3ccccc3n4-c3ccccc3)nc(-c3ccc4c(c3)C3c5ccccc5C4c4cc(-c5nc(-c6ccccc6)cc(-c6ccccc6-c6cccc7c6c6ccccc6n7-c6ccccc6)n5)ccc43)n2)cc1. The van der Waals surface area contributed by atoms with E-state index in [1.54, 1.807) is 0 Å². The van der Waals surface area contributed by atoms with Crippen molar-refractivity contribution >= 4 is 43.6 Å². The lowest BCUT2D eigenvalue weighted by molar-refractivity contribution is 0.754. The van der Waals surface area contributed by atoms with Gasteiger partial charge in [0.1, 0.15) is 0 Å². The first kappa shape index (κ1) is 53.5. The van der Waals surface area contributed by atoms with Crippen LogP contribution in [0.3, 0.4) is 0 Å². The fourth-order valence-electron chi connectivity index (χ4n) is 15.5. The van der Waals surface area contributed by atoms with Gasteiger partial charge in [0.25, 0.3) is 0 Å². The first-order valence-corrected chi connectivity index (χ1v) is 32.3. The summed E-state index contributed by atoms with van der Waals surface area (Å²) in [6.45, 7) is 0. The van der Waals surface area contributed by atoms with Crippen molar-refractivity contribution in [1.82, 2.24) is 29.1 Å². The highest BCUT2D eigenvalue weighted by Gasteiger charge is 2.42. The van der Waals surface area contributed by atoms with E-state index >= 15 is 0 Å². The minimum atomic E-state index is -0.0224. The lowest BCUT2D eigenvalue weighted by atomic mass is 9.61. The number of nitrogens with zero attached hydrogens (tertiary/aromatic N) is 6. The molecule has 0 radical (unpaired) electrons. The molecule has 94 heavy (non-hydrogen) atoms. The van der Waals surface area contributed by atoms with Crippen molar-refractivity contribution in [2.24, 2.45) is 0 Å². The van der Waals surface area contributed by atoms with Crippen molar-refractivity contribution in [1.29, 1.82) is 0 Å². The topological polar surface area (TPSA) is 61.4 Å². The maximum atomic E-state index is 5.61. The van der Waals surface area contributed by atoms with E-state index in [9.17, 15) is 0 Å². The summed E-state index contributed by atoms with van der Waals surface area (Å²) in [6.07, 6.45) is 0. The van der Waals surface area contributed by atoms with E-state index in [-0.39, 0.29) is 11.8 Å². The van der Waals surface area contributed by atoms with Gasteiger partial charge in [0.2, 0.25) is 0 Å². The summed E-state index contributed by atoms with van der Waals surface area (Å²) in [7, 11) is 0. The molecular formula is C88H56N6. The number of rotatable bonds is 10. The Morgan fingerprint density at radius 2 is 0.543 bits per heavy atom. The Morgan fingerprint density at radius 1 is 0.213 bits per heavy atom. The standard InChI is InChI=1S/C88H56N6/c1-5-25-55(26-6-1)75-53-77(63-35-15-13-33-61(63)65-41-23-45-81-85(65)71-39-19-21-43-79(71)93(81)59-29-9-3-10-30-59)91-87(89-75)57-47-49-69-73(51-57)83-67-37-17-18-38-68(67)84(69)74-52-58(48-50-70(74)83)88-90-76(56-27-7-2-8-28-56)54-78(92-88)64-36-16-14-34-62(64)66-42-24-46-82-86(66)72-40-20-22-44-80(72)94(82)60-31-11-4-12-32-60/h1-54,83-84H. The van der Waals surface area contributed by atoms with Crippen molar-refractivity contribution < 1.29 is 0 Å². The highest BCUT2D eigenvalue weighted by Crippen LogP contribution is 2.57. The first-order chi connectivity index (χ1) is 46.6. The van der Waals surface area contributed by atoms with Crippen molar-refractivity contribution in [2.75, 3.05) is 0 Å². The van der Waals surface area contributed by atoms with Crippen LogP contribution in [0.25, 0.3) is 145 Å². The van der Waals surface area contributed by atoms with Crippen LogP contribution in [0.2, 0.25) is 0 Å². The fourth-order valence-corrected chi connectivity index (χ4v) is 15.5. The van der Waals surface area contributed by atoms with Crippen LogP contribution in [0.1, 0.15) is 45.2 Å². The second-order valence-corrected chi connectivity index (χ2v) is 24.7. The second-order valence-electron chi connectivity index (χ2n) is 24.7. The Balaban J connectivity index is 0.736. The van der Waals surface area contributed by atoms with Gasteiger partial charge in [-0.2, -0.15) is 0 Å². The van der Waals surface area contributed by atoms with Gasteiger partial charge in [0.05, 0.1) is 44.8 Å². The number of aromatic nitrogens is 6. The normalized spacial score (nSPS) is 13.7. The summed E-state index contributed by atoms with van der Waals surface area (Å²) < 4.78 is 4.77. The summed E-state index contributed by atoms with van der Waals surface area (Å²) in [5.41, 5.74) is 28.8. The minimum Gasteiger partial charge on any atom is -0.309 e. The third-order valence-corrected chi connectivity index (χ3v) is 19.6. The number of hydrogen-bond donors (Lipinski definition) is 0. The van der Waals surface area contributed by atoms with Gasteiger partial charge < -0.3 is 9.13 Å². The Bertz CT molecular complexity index is 5510. The molecule has 4 heterocycles. The molecule has 2 bridgehead atoms. The largest absolute Gasteiger partial charge is 0.309 e. The van der Waals surface area contributed by atoms with Gasteiger partial charge in [-0.1, -0.05) is 255 Å². The maximum absolute atomic E-state index is 5.61. The van der Waals surface area contributed by atoms with Gasteiger partial charge in [0.15, 0.2) is 11.6 Å². The van der Waals surface area contributed by atoms with Crippen LogP contribution in [0.15, 0.2) is 328 Å². The number of hydrogen-bond acceptors (Lipinski definition) is 4. The van der Waals surface area contributed by atoms with Crippen LogP contribution in [0, 0.1) is 0 Å². The molecule has 0 fully saturated rings. The average Bonchev–Trinajstić information content (AvgIpc) is 0.905. The van der Waals surface area contributed by atoms with E-state index in [0.29, 0.717) is 11.6 Å². The van der Waals surface area contributed by atoms with E-state index in [4.69, 9.17) is 19.9 Å². The fraction of sp³-hybridized carbons (Fsp3) is 0.0227. The van der Waals surface area contributed by atoms with Crippen LogP contribution < -0.4 is 0 Å². The summed E-state index contributed by atoms with van der Waals surface area (Å²) in [4.78, 5) is 22.2. The zero-order valence-corrected chi connectivity index (χ0v) is 51.0. The maximum Gasteiger partial charge on any atom is 0.160 e. The third kappa shape index (κ3) is 8.50. The molecule has 0 aliphatic heterocycles. The molecule has 438 valence electrons. The average molecular weight is 1200 g/mol. The van der Waals surface area contributed by atoms with Crippen LogP contribution in [0.4, 0.5) is 0 Å². The van der Waals surface area contributed by atoms with Crippen LogP contribution in [0.5, 0.6) is 0 Å². The summed E-state index contributed by atoms with van der Waals surface area (Å²) in [6, 6.07) is 118. The molecule has 17 aromatic rings. The molecule has 2 atom stereocenters. The third-order valence-electron chi connectivity index (χ3n) is 19.6. The first-order valence-electron chi connectivity index (χ1n) is 32.3. The molecule has 4 aromatic heterocycles. The Kier molecular flexibility index (Phi) is 12.3.